The molecule has 0 radical (unpaired) electrons. The molecule has 1 atom stereocenters. The summed E-state index contributed by atoms with van der Waals surface area (Å²) in [5, 5.41) is 14.7. The van der Waals surface area contributed by atoms with Gasteiger partial charge in [0, 0.05) is 18.8 Å². The molecular formula is C20H22N6O3. The van der Waals surface area contributed by atoms with Gasteiger partial charge in [-0.2, -0.15) is 4.80 Å². The van der Waals surface area contributed by atoms with E-state index >= 15 is 0 Å². The lowest BCUT2D eigenvalue weighted by atomic mass is 10.1. The first-order valence-electron chi connectivity index (χ1n) is 9.29. The Morgan fingerprint density at radius 3 is 2.59 bits per heavy atom. The standard InChI is InChI=1S/C20H22N6O3/c1-2-17(22-20(28)29-14-16-6-4-3-5-7-16)18(27)13-26-24-19(23-25-26)12-15-8-10-21-11-9-15/h3-11,17H,2,12-14H2,1H3,(H,22,28). The monoisotopic (exact) mass is 394 g/mol. The quantitative estimate of drug-likeness (QED) is 0.590. The molecule has 2 heterocycles. The van der Waals surface area contributed by atoms with Gasteiger partial charge in [-0.15, -0.1) is 10.2 Å². The maximum atomic E-state index is 12.5. The molecule has 1 N–H and O–H groups in total. The summed E-state index contributed by atoms with van der Waals surface area (Å²) >= 11 is 0. The van der Waals surface area contributed by atoms with Crippen LogP contribution in [0.2, 0.25) is 0 Å². The van der Waals surface area contributed by atoms with Crippen molar-refractivity contribution in [3.8, 4) is 0 Å². The first-order chi connectivity index (χ1) is 14.1. The van der Waals surface area contributed by atoms with E-state index in [1.165, 1.54) is 4.80 Å². The average Bonchev–Trinajstić information content (AvgIpc) is 3.18. The molecule has 1 aromatic carbocycles. The minimum atomic E-state index is -0.687. The summed E-state index contributed by atoms with van der Waals surface area (Å²) in [4.78, 5) is 29.7. The number of benzene rings is 1. The van der Waals surface area contributed by atoms with Gasteiger partial charge < -0.3 is 10.1 Å². The zero-order valence-electron chi connectivity index (χ0n) is 16.1. The summed E-state index contributed by atoms with van der Waals surface area (Å²) in [6.45, 7) is 1.87. The number of tetrazole rings is 1. The second-order valence-corrected chi connectivity index (χ2v) is 6.40. The number of nitrogens with zero attached hydrogens (tertiary/aromatic N) is 5. The second kappa shape index (κ2) is 10.1. The number of rotatable bonds is 9. The Morgan fingerprint density at radius 2 is 1.86 bits per heavy atom. The fraction of sp³-hybridized carbons (Fsp3) is 0.300. The SMILES string of the molecule is CCC(NC(=O)OCc1ccccc1)C(=O)Cn1nnc(Cc2ccncc2)n1. The van der Waals surface area contributed by atoms with Crippen LogP contribution in [0, 0.1) is 0 Å². The molecule has 0 bridgehead atoms. The predicted molar refractivity (Wildman–Crippen MR) is 104 cm³/mol. The van der Waals surface area contributed by atoms with Crippen molar-refractivity contribution in [1.29, 1.82) is 0 Å². The lowest BCUT2D eigenvalue weighted by molar-refractivity contribution is -0.122. The largest absolute Gasteiger partial charge is 0.445 e. The minimum Gasteiger partial charge on any atom is -0.445 e. The molecule has 0 fully saturated rings. The van der Waals surface area contributed by atoms with Crippen LogP contribution in [-0.4, -0.2) is 43.1 Å². The first kappa shape index (κ1) is 20.1. The molecule has 29 heavy (non-hydrogen) atoms. The maximum absolute atomic E-state index is 12.5. The van der Waals surface area contributed by atoms with Crippen molar-refractivity contribution < 1.29 is 14.3 Å². The number of carbonyl (C=O) groups is 2. The number of Topliss-reactive ketones (excluding diaryl/α,β-unsaturated/α-hetero) is 1. The Balaban J connectivity index is 1.49. The van der Waals surface area contributed by atoms with Crippen LogP contribution in [0.3, 0.4) is 0 Å². The fourth-order valence-electron chi connectivity index (χ4n) is 2.66. The number of amides is 1. The Labute approximate surface area is 168 Å². The van der Waals surface area contributed by atoms with Gasteiger partial charge in [-0.05, 0) is 34.9 Å². The van der Waals surface area contributed by atoms with Crippen LogP contribution in [0.25, 0.3) is 0 Å². The van der Waals surface area contributed by atoms with Crippen molar-refractivity contribution in [2.24, 2.45) is 0 Å². The van der Waals surface area contributed by atoms with E-state index in [9.17, 15) is 9.59 Å². The molecular weight excluding hydrogens is 372 g/mol. The summed E-state index contributed by atoms with van der Waals surface area (Å²) in [6.07, 6.45) is 3.67. The molecule has 0 saturated carbocycles. The molecule has 0 aliphatic rings. The average molecular weight is 394 g/mol. The molecule has 9 heteroatoms. The number of pyridine rings is 1. The van der Waals surface area contributed by atoms with Gasteiger partial charge in [-0.25, -0.2) is 4.79 Å². The van der Waals surface area contributed by atoms with Crippen molar-refractivity contribution in [3.05, 3.63) is 71.8 Å². The molecule has 3 aromatic rings. The van der Waals surface area contributed by atoms with Gasteiger partial charge in [-0.3, -0.25) is 9.78 Å². The first-order valence-corrected chi connectivity index (χ1v) is 9.29. The second-order valence-electron chi connectivity index (χ2n) is 6.40. The smallest absolute Gasteiger partial charge is 0.408 e. The van der Waals surface area contributed by atoms with Crippen molar-refractivity contribution in [1.82, 2.24) is 30.5 Å². The van der Waals surface area contributed by atoms with Crippen molar-refractivity contribution in [3.63, 3.8) is 0 Å². The Bertz CT molecular complexity index is 930. The van der Waals surface area contributed by atoms with E-state index in [-0.39, 0.29) is 18.9 Å². The summed E-state index contributed by atoms with van der Waals surface area (Å²) < 4.78 is 5.17. The molecule has 1 amide bonds. The molecule has 0 saturated heterocycles. The summed E-state index contributed by atoms with van der Waals surface area (Å²) in [7, 11) is 0. The number of ketones is 1. The number of alkyl carbamates (subject to hydrolysis) is 1. The topological polar surface area (TPSA) is 112 Å². The van der Waals surface area contributed by atoms with Crippen LogP contribution in [0.4, 0.5) is 4.79 Å². The van der Waals surface area contributed by atoms with Crippen LogP contribution < -0.4 is 5.32 Å². The van der Waals surface area contributed by atoms with E-state index in [0.29, 0.717) is 18.7 Å². The van der Waals surface area contributed by atoms with E-state index in [1.54, 1.807) is 12.4 Å². The van der Waals surface area contributed by atoms with Crippen molar-refractivity contribution in [2.45, 2.75) is 39.0 Å². The van der Waals surface area contributed by atoms with Gasteiger partial charge in [0.05, 0.1) is 6.04 Å². The highest BCUT2D eigenvalue weighted by Gasteiger charge is 2.21. The summed E-state index contributed by atoms with van der Waals surface area (Å²) in [5.41, 5.74) is 1.87. The molecule has 0 aliphatic carbocycles. The van der Waals surface area contributed by atoms with Crippen LogP contribution in [0.1, 0.15) is 30.3 Å². The third-order valence-electron chi connectivity index (χ3n) is 4.20. The summed E-state index contributed by atoms with van der Waals surface area (Å²) in [6, 6.07) is 12.4. The maximum Gasteiger partial charge on any atom is 0.408 e. The molecule has 0 aliphatic heterocycles. The van der Waals surface area contributed by atoms with Gasteiger partial charge in [-0.1, -0.05) is 37.3 Å². The molecule has 2 aromatic heterocycles. The minimum absolute atomic E-state index is 0.0825. The van der Waals surface area contributed by atoms with Gasteiger partial charge in [0.25, 0.3) is 0 Å². The highest BCUT2D eigenvalue weighted by Crippen LogP contribution is 2.04. The van der Waals surface area contributed by atoms with Gasteiger partial charge >= 0.3 is 6.09 Å². The summed E-state index contributed by atoms with van der Waals surface area (Å²) in [5.74, 6) is 0.282. The van der Waals surface area contributed by atoms with Gasteiger partial charge in [0.2, 0.25) is 0 Å². The zero-order valence-corrected chi connectivity index (χ0v) is 16.1. The lowest BCUT2D eigenvalue weighted by Crippen LogP contribution is -2.42. The van der Waals surface area contributed by atoms with Gasteiger partial charge in [0.15, 0.2) is 11.6 Å². The predicted octanol–water partition coefficient (Wildman–Crippen LogP) is 1.93. The van der Waals surface area contributed by atoms with Crippen LogP contribution in [0.5, 0.6) is 0 Å². The zero-order chi connectivity index (χ0) is 20.5. The van der Waals surface area contributed by atoms with Crippen LogP contribution in [0.15, 0.2) is 54.9 Å². The normalized spacial score (nSPS) is 11.6. The van der Waals surface area contributed by atoms with Crippen LogP contribution >= 0.6 is 0 Å². The van der Waals surface area contributed by atoms with E-state index < -0.39 is 12.1 Å². The highest BCUT2D eigenvalue weighted by atomic mass is 16.5. The van der Waals surface area contributed by atoms with E-state index in [2.05, 4.69) is 25.7 Å². The Kier molecular flexibility index (Phi) is 6.99. The van der Waals surface area contributed by atoms with E-state index in [0.717, 1.165) is 11.1 Å². The number of hydrogen-bond acceptors (Lipinski definition) is 7. The highest BCUT2D eigenvalue weighted by molar-refractivity contribution is 5.87. The molecule has 1 unspecified atom stereocenters. The van der Waals surface area contributed by atoms with Gasteiger partial charge in [0.1, 0.15) is 13.2 Å². The fourth-order valence-corrected chi connectivity index (χ4v) is 2.66. The van der Waals surface area contributed by atoms with E-state index in [4.69, 9.17) is 4.74 Å². The number of aromatic nitrogens is 5. The Hall–Kier alpha value is -3.62. The molecule has 3 rings (SSSR count). The molecule has 150 valence electrons. The van der Waals surface area contributed by atoms with Crippen molar-refractivity contribution >= 4 is 11.9 Å². The number of carbonyl (C=O) groups excluding carboxylic acids is 2. The number of nitrogens with one attached hydrogen (secondary N) is 1. The molecule has 0 spiro atoms. The molecule has 9 nitrogen and oxygen atoms in total. The number of ether oxygens (including phenoxy) is 1. The number of hydrogen-bond donors (Lipinski definition) is 1. The third kappa shape index (κ3) is 6.20. The lowest BCUT2D eigenvalue weighted by Gasteiger charge is -2.15. The Morgan fingerprint density at radius 1 is 1.10 bits per heavy atom. The van der Waals surface area contributed by atoms with Crippen LogP contribution in [-0.2, 0) is 29.1 Å². The third-order valence-corrected chi connectivity index (χ3v) is 4.20. The van der Waals surface area contributed by atoms with Crippen molar-refractivity contribution in [2.75, 3.05) is 0 Å². The van der Waals surface area contributed by atoms with E-state index in [1.807, 2.05) is 49.4 Å².